The third kappa shape index (κ3) is 4.17. The van der Waals surface area contributed by atoms with E-state index in [1.54, 1.807) is 51.1 Å². The van der Waals surface area contributed by atoms with E-state index < -0.39 is 76.4 Å². The Balaban J connectivity index is 1.85. The number of hydrogen-bond acceptors (Lipinski definition) is 10. The van der Waals surface area contributed by atoms with E-state index in [4.69, 9.17) is 18.9 Å². The second kappa shape index (κ2) is 10.1. The van der Waals surface area contributed by atoms with Crippen molar-refractivity contribution in [3.63, 3.8) is 0 Å². The Morgan fingerprint density at radius 1 is 0.976 bits per heavy atom. The predicted octanol–water partition coefficient (Wildman–Crippen LogP) is 2.72. The first-order chi connectivity index (χ1) is 19.5. The van der Waals surface area contributed by atoms with Gasteiger partial charge < -0.3 is 34.3 Å². The van der Waals surface area contributed by atoms with Crippen molar-refractivity contribution < 1.29 is 48.7 Å². The SMILES string of the molecule is CC(=O)O[C@@H]1[C@H](O)C2=C(C)[C@@H](O)C[C@@](O)([C@@H](OC(=O)c3ccccc3)C3[C@@]1(C)[C@@H](C)C[C@H]1OC[C@@]31OC(C)=O)C2(C)C. The molecule has 10 heteroatoms. The molecule has 1 aromatic carbocycles. The van der Waals surface area contributed by atoms with Gasteiger partial charge in [-0.05, 0) is 42.5 Å². The number of carbonyl (C=O) groups is 3. The fraction of sp³-hybridized carbons (Fsp3) is 0.656. The lowest BCUT2D eigenvalue weighted by Gasteiger charge is -2.69. The van der Waals surface area contributed by atoms with E-state index in [0.717, 1.165) is 0 Å². The van der Waals surface area contributed by atoms with Crippen LogP contribution >= 0.6 is 0 Å². The second-order valence-electron chi connectivity index (χ2n) is 13.4. The van der Waals surface area contributed by atoms with Crippen molar-refractivity contribution in [1.82, 2.24) is 0 Å². The molecule has 1 saturated heterocycles. The van der Waals surface area contributed by atoms with Crippen LogP contribution in [0, 0.1) is 22.7 Å². The van der Waals surface area contributed by atoms with Crippen LogP contribution in [0.3, 0.4) is 0 Å². The molecular weight excluding hydrogens is 544 g/mol. The molecule has 0 spiro atoms. The number of fused-ring (bicyclic) bond motifs is 5. The lowest BCUT2D eigenvalue weighted by atomic mass is 9.43. The van der Waals surface area contributed by atoms with E-state index in [1.807, 2.05) is 13.8 Å². The molecule has 10 nitrogen and oxygen atoms in total. The molecule has 4 aliphatic rings. The summed E-state index contributed by atoms with van der Waals surface area (Å²) >= 11 is 0. The summed E-state index contributed by atoms with van der Waals surface area (Å²) in [6.45, 7) is 11.4. The molecule has 1 heterocycles. The number of benzene rings is 1. The third-order valence-corrected chi connectivity index (χ3v) is 10.9. The van der Waals surface area contributed by atoms with Gasteiger partial charge >= 0.3 is 17.9 Å². The van der Waals surface area contributed by atoms with E-state index >= 15 is 0 Å². The number of ether oxygens (including phenoxy) is 4. The smallest absolute Gasteiger partial charge is 0.338 e. The highest BCUT2D eigenvalue weighted by Gasteiger charge is 2.77. The van der Waals surface area contributed by atoms with Gasteiger partial charge in [-0.3, -0.25) is 9.59 Å². The van der Waals surface area contributed by atoms with E-state index in [-0.39, 0.29) is 24.5 Å². The lowest BCUT2D eigenvalue weighted by molar-refractivity contribution is -0.358. The van der Waals surface area contributed by atoms with Gasteiger partial charge in [-0.15, -0.1) is 0 Å². The number of esters is 3. The molecule has 1 aliphatic heterocycles. The predicted molar refractivity (Wildman–Crippen MR) is 149 cm³/mol. The van der Waals surface area contributed by atoms with Crippen LogP contribution < -0.4 is 0 Å². The standard InChI is InChI=1S/C32H42O10/c1-16-13-22-31(15-39-22,42-19(4)34)25-27(41-28(37)20-11-9-8-10-12-20)32(38)14-21(35)17(2)23(29(32,5)6)24(36)26(30(16,25)7)40-18(3)33/h8-12,16,21-22,24-27,35-36,38H,13-15H2,1-7H3/t16-,21-,22+,24+,25?,26+,27-,30+,31-,32+/m0/s1. The van der Waals surface area contributed by atoms with Crippen molar-refractivity contribution in [2.75, 3.05) is 6.61 Å². The van der Waals surface area contributed by atoms with Gasteiger partial charge in [0.15, 0.2) is 5.60 Å². The van der Waals surface area contributed by atoms with Gasteiger partial charge in [-0.1, -0.05) is 45.9 Å². The Bertz CT molecular complexity index is 1310. The maximum Gasteiger partial charge on any atom is 0.338 e. The zero-order chi connectivity index (χ0) is 31.0. The number of aliphatic hydroxyl groups is 3. The normalized spacial score (nSPS) is 42.1. The van der Waals surface area contributed by atoms with Crippen LogP contribution in [0.2, 0.25) is 0 Å². The summed E-state index contributed by atoms with van der Waals surface area (Å²) in [4.78, 5) is 39.1. The van der Waals surface area contributed by atoms with Gasteiger partial charge in [-0.2, -0.15) is 0 Å². The summed E-state index contributed by atoms with van der Waals surface area (Å²) < 4.78 is 24.4. The average Bonchev–Trinajstić information content (AvgIpc) is 2.90. The molecule has 3 aliphatic carbocycles. The number of rotatable bonds is 4. The van der Waals surface area contributed by atoms with Crippen LogP contribution in [0.1, 0.15) is 71.7 Å². The van der Waals surface area contributed by atoms with Gasteiger partial charge in [0.05, 0.1) is 24.2 Å². The van der Waals surface area contributed by atoms with Crippen molar-refractivity contribution in [3.05, 3.63) is 47.0 Å². The Kier molecular flexibility index (Phi) is 7.41. The fourth-order valence-corrected chi connectivity index (χ4v) is 8.54. The fourth-order valence-electron chi connectivity index (χ4n) is 8.54. The minimum atomic E-state index is -1.95. The molecule has 2 saturated carbocycles. The Hall–Kier alpha value is -2.79. The third-order valence-electron chi connectivity index (χ3n) is 10.9. The highest BCUT2D eigenvalue weighted by Crippen LogP contribution is 2.66. The molecule has 10 atom stereocenters. The first-order valence-corrected chi connectivity index (χ1v) is 14.6. The maximum atomic E-state index is 13.8. The molecule has 0 aromatic heterocycles. The average molecular weight is 587 g/mol. The first-order valence-electron chi connectivity index (χ1n) is 14.6. The Labute approximate surface area is 246 Å². The van der Waals surface area contributed by atoms with Gasteiger partial charge in [0.25, 0.3) is 0 Å². The highest BCUT2D eigenvalue weighted by molar-refractivity contribution is 5.89. The summed E-state index contributed by atoms with van der Waals surface area (Å²) in [5.41, 5.74) is -4.82. The van der Waals surface area contributed by atoms with Gasteiger partial charge in [0.2, 0.25) is 0 Å². The van der Waals surface area contributed by atoms with E-state index in [9.17, 15) is 29.7 Å². The molecule has 0 radical (unpaired) electrons. The molecule has 0 amide bonds. The molecule has 1 aromatic rings. The summed E-state index contributed by atoms with van der Waals surface area (Å²) in [5, 5.41) is 36.4. The van der Waals surface area contributed by atoms with Crippen LogP contribution in [0.25, 0.3) is 0 Å². The van der Waals surface area contributed by atoms with Crippen molar-refractivity contribution in [3.8, 4) is 0 Å². The monoisotopic (exact) mass is 586 g/mol. The maximum absolute atomic E-state index is 13.8. The largest absolute Gasteiger partial charge is 0.459 e. The molecule has 1 unspecified atom stereocenters. The lowest BCUT2D eigenvalue weighted by Crippen LogP contribution is -2.81. The van der Waals surface area contributed by atoms with Crippen LogP contribution in [-0.4, -0.2) is 81.6 Å². The van der Waals surface area contributed by atoms with Crippen molar-refractivity contribution in [1.29, 1.82) is 0 Å². The van der Waals surface area contributed by atoms with Crippen molar-refractivity contribution >= 4 is 17.9 Å². The molecule has 5 rings (SSSR count). The van der Waals surface area contributed by atoms with Crippen molar-refractivity contribution in [2.45, 2.75) is 103 Å². The highest BCUT2D eigenvalue weighted by atomic mass is 16.6. The zero-order valence-corrected chi connectivity index (χ0v) is 25.2. The molecule has 3 fully saturated rings. The molecule has 42 heavy (non-hydrogen) atoms. The number of hydrogen-bond donors (Lipinski definition) is 3. The van der Waals surface area contributed by atoms with Gasteiger partial charge in [0.1, 0.15) is 30.0 Å². The first kappa shape index (κ1) is 30.7. The summed E-state index contributed by atoms with van der Waals surface area (Å²) in [5.74, 6) is -3.29. The topological polar surface area (TPSA) is 149 Å². The van der Waals surface area contributed by atoms with E-state index in [2.05, 4.69) is 0 Å². The zero-order valence-electron chi connectivity index (χ0n) is 25.2. The molecule has 3 N–H and O–H groups in total. The van der Waals surface area contributed by atoms with Crippen LogP contribution in [-0.2, 0) is 28.5 Å². The van der Waals surface area contributed by atoms with E-state index in [0.29, 0.717) is 17.6 Å². The second-order valence-corrected chi connectivity index (χ2v) is 13.4. The number of aliphatic hydroxyl groups excluding tert-OH is 2. The molecule has 230 valence electrons. The summed E-state index contributed by atoms with van der Waals surface area (Å²) in [6, 6.07) is 8.33. The van der Waals surface area contributed by atoms with Crippen LogP contribution in [0.15, 0.2) is 41.5 Å². The minimum Gasteiger partial charge on any atom is -0.459 e. The van der Waals surface area contributed by atoms with Crippen molar-refractivity contribution in [2.24, 2.45) is 22.7 Å². The number of carbonyl (C=O) groups excluding carboxylic acids is 3. The Morgan fingerprint density at radius 2 is 1.62 bits per heavy atom. The van der Waals surface area contributed by atoms with Gasteiger partial charge in [0, 0.05) is 31.1 Å². The Morgan fingerprint density at radius 3 is 2.17 bits per heavy atom. The quantitative estimate of drug-likeness (QED) is 0.273. The van der Waals surface area contributed by atoms with E-state index in [1.165, 1.54) is 13.8 Å². The molecule has 2 bridgehead atoms. The molecular formula is C32H42O10. The summed E-state index contributed by atoms with van der Waals surface area (Å²) in [6.07, 6.45) is -5.64. The summed E-state index contributed by atoms with van der Waals surface area (Å²) in [7, 11) is 0. The van der Waals surface area contributed by atoms with Crippen LogP contribution in [0.4, 0.5) is 0 Å². The van der Waals surface area contributed by atoms with Crippen LogP contribution in [0.5, 0.6) is 0 Å². The van der Waals surface area contributed by atoms with Gasteiger partial charge in [-0.25, -0.2) is 4.79 Å². The minimum absolute atomic E-state index is 0.0483.